The molecule has 0 fully saturated rings. The van der Waals surface area contributed by atoms with Crippen LogP contribution in [0, 0.1) is 13.8 Å². The number of halogens is 2. The van der Waals surface area contributed by atoms with E-state index in [2.05, 4.69) is 72.4 Å². The van der Waals surface area contributed by atoms with Crippen LogP contribution in [0.15, 0.2) is 57.7 Å². The van der Waals surface area contributed by atoms with Crippen molar-refractivity contribution in [2.24, 2.45) is 0 Å². The summed E-state index contributed by atoms with van der Waals surface area (Å²) < 4.78 is 4.09. The molecule has 0 radical (unpaired) electrons. The molecule has 0 aliphatic carbocycles. The fourth-order valence-electron chi connectivity index (χ4n) is 1.92. The van der Waals surface area contributed by atoms with Gasteiger partial charge in [0.2, 0.25) is 0 Å². The average molecular weight is 424 g/mol. The van der Waals surface area contributed by atoms with Crippen molar-refractivity contribution in [1.29, 1.82) is 0 Å². The standard InChI is InChI=1S/C11H11BrN2.C5H5BrN2/c1-8-3-4-9(2)14(8)11-6-5-10(12)7-13-11;6-4-1-2-5(7)8-3-4/h3-7H,1-2H3;1-3H,(H2,7,8). The van der Waals surface area contributed by atoms with Crippen LogP contribution >= 0.6 is 31.9 Å². The molecule has 0 atom stereocenters. The molecule has 0 unspecified atom stereocenters. The van der Waals surface area contributed by atoms with Crippen molar-refractivity contribution in [1.82, 2.24) is 14.5 Å². The van der Waals surface area contributed by atoms with E-state index in [9.17, 15) is 0 Å². The molecular formula is C16H16Br2N4. The van der Waals surface area contributed by atoms with Gasteiger partial charge < -0.3 is 10.3 Å². The maximum atomic E-state index is 5.29. The SMILES string of the molecule is Cc1ccc(C)n1-c1ccc(Br)cn1.Nc1ccc(Br)cn1. The van der Waals surface area contributed by atoms with Gasteiger partial charge in [-0.05, 0) is 82.1 Å². The second kappa shape index (κ2) is 7.56. The summed E-state index contributed by atoms with van der Waals surface area (Å²) >= 11 is 6.60. The number of aromatic nitrogens is 3. The summed E-state index contributed by atoms with van der Waals surface area (Å²) in [6.07, 6.45) is 3.48. The zero-order valence-corrected chi connectivity index (χ0v) is 15.5. The van der Waals surface area contributed by atoms with E-state index in [1.807, 2.05) is 24.4 Å². The van der Waals surface area contributed by atoms with E-state index in [1.54, 1.807) is 12.3 Å². The van der Waals surface area contributed by atoms with Crippen molar-refractivity contribution in [3.05, 3.63) is 69.1 Å². The fraction of sp³-hybridized carbons (Fsp3) is 0.125. The molecule has 22 heavy (non-hydrogen) atoms. The van der Waals surface area contributed by atoms with Crippen LogP contribution in [0.25, 0.3) is 5.82 Å². The Bertz CT molecular complexity index is 693. The van der Waals surface area contributed by atoms with Crippen LogP contribution in [0.5, 0.6) is 0 Å². The van der Waals surface area contributed by atoms with Gasteiger partial charge in [0, 0.05) is 32.7 Å². The minimum absolute atomic E-state index is 0.549. The quantitative estimate of drug-likeness (QED) is 0.618. The van der Waals surface area contributed by atoms with Crippen LogP contribution in [0.2, 0.25) is 0 Å². The molecule has 0 aromatic carbocycles. The van der Waals surface area contributed by atoms with E-state index in [-0.39, 0.29) is 0 Å². The highest BCUT2D eigenvalue weighted by Crippen LogP contribution is 2.16. The molecule has 0 aliphatic heterocycles. The van der Waals surface area contributed by atoms with Gasteiger partial charge in [-0.15, -0.1) is 0 Å². The summed E-state index contributed by atoms with van der Waals surface area (Å²) in [6.45, 7) is 4.16. The molecule has 0 spiro atoms. The third kappa shape index (κ3) is 4.42. The Morgan fingerprint density at radius 1 is 0.818 bits per heavy atom. The predicted octanol–water partition coefficient (Wildman–Crippen LogP) is 4.68. The average Bonchev–Trinajstić information content (AvgIpc) is 2.83. The molecule has 3 aromatic heterocycles. The second-order valence-corrected chi connectivity index (χ2v) is 6.52. The zero-order chi connectivity index (χ0) is 16.1. The Hall–Kier alpha value is -1.66. The number of anilines is 1. The van der Waals surface area contributed by atoms with Crippen LogP contribution in [0.4, 0.5) is 5.82 Å². The van der Waals surface area contributed by atoms with Gasteiger partial charge in [0.1, 0.15) is 11.6 Å². The molecule has 6 heteroatoms. The molecule has 0 amide bonds. The maximum Gasteiger partial charge on any atom is 0.137 e. The van der Waals surface area contributed by atoms with Crippen LogP contribution in [-0.2, 0) is 0 Å². The van der Waals surface area contributed by atoms with Gasteiger partial charge in [0.05, 0.1) is 0 Å². The molecular weight excluding hydrogens is 408 g/mol. The Labute approximate surface area is 146 Å². The summed E-state index contributed by atoms with van der Waals surface area (Å²) in [5, 5.41) is 0. The molecule has 0 aliphatic rings. The van der Waals surface area contributed by atoms with E-state index in [1.165, 1.54) is 11.4 Å². The van der Waals surface area contributed by atoms with Gasteiger partial charge >= 0.3 is 0 Å². The van der Waals surface area contributed by atoms with Gasteiger partial charge in [0.15, 0.2) is 0 Å². The van der Waals surface area contributed by atoms with Crippen molar-refractivity contribution in [2.45, 2.75) is 13.8 Å². The molecule has 3 heterocycles. The summed E-state index contributed by atoms with van der Waals surface area (Å²) in [5.74, 6) is 1.52. The first kappa shape index (κ1) is 16.7. The van der Waals surface area contributed by atoms with Crippen LogP contribution in [0.3, 0.4) is 0 Å². The lowest BCUT2D eigenvalue weighted by atomic mass is 10.4. The molecule has 4 nitrogen and oxygen atoms in total. The lowest BCUT2D eigenvalue weighted by Crippen LogP contribution is -2.00. The summed E-state index contributed by atoms with van der Waals surface area (Å²) in [6, 6.07) is 11.8. The van der Waals surface area contributed by atoms with Crippen molar-refractivity contribution >= 4 is 37.7 Å². The number of nitrogen functional groups attached to an aromatic ring is 1. The molecule has 0 saturated heterocycles. The van der Waals surface area contributed by atoms with E-state index in [4.69, 9.17) is 5.73 Å². The van der Waals surface area contributed by atoms with Crippen LogP contribution < -0.4 is 5.73 Å². The minimum Gasteiger partial charge on any atom is -0.384 e. The molecule has 3 rings (SSSR count). The first-order valence-corrected chi connectivity index (χ1v) is 8.20. The van der Waals surface area contributed by atoms with Crippen molar-refractivity contribution in [2.75, 3.05) is 5.73 Å². The third-order valence-corrected chi connectivity index (χ3v) is 3.90. The van der Waals surface area contributed by atoms with Crippen molar-refractivity contribution < 1.29 is 0 Å². The Balaban J connectivity index is 0.000000188. The van der Waals surface area contributed by atoms with Crippen molar-refractivity contribution in [3.8, 4) is 5.82 Å². The van der Waals surface area contributed by atoms with E-state index in [0.717, 1.165) is 14.8 Å². The summed E-state index contributed by atoms with van der Waals surface area (Å²) in [4.78, 5) is 8.17. The topological polar surface area (TPSA) is 56.7 Å². The monoisotopic (exact) mass is 422 g/mol. The number of rotatable bonds is 1. The highest BCUT2D eigenvalue weighted by Gasteiger charge is 2.03. The Morgan fingerprint density at radius 3 is 1.77 bits per heavy atom. The maximum absolute atomic E-state index is 5.29. The highest BCUT2D eigenvalue weighted by atomic mass is 79.9. The van der Waals surface area contributed by atoms with Crippen molar-refractivity contribution in [3.63, 3.8) is 0 Å². The number of nitrogens with two attached hydrogens (primary N) is 1. The second-order valence-electron chi connectivity index (χ2n) is 4.69. The Morgan fingerprint density at radius 2 is 1.36 bits per heavy atom. The molecule has 2 N–H and O–H groups in total. The number of nitrogens with zero attached hydrogens (tertiary/aromatic N) is 3. The van der Waals surface area contributed by atoms with Gasteiger partial charge in [-0.25, -0.2) is 9.97 Å². The Kier molecular flexibility index (Phi) is 5.74. The first-order chi connectivity index (χ1) is 10.5. The van der Waals surface area contributed by atoms with Crippen LogP contribution in [0.1, 0.15) is 11.4 Å². The lowest BCUT2D eigenvalue weighted by molar-refractivity contribution is 0.921. The molecule has 0 bridgehead atoms. The first-order valence-electron chi connectivity index (χ1n) is 6.61. The normalized spacial score (nSPS) is 10.0. The number of aryl methyl sites for hydroxylation is 2. The zero-order valence-electron chi connectivity index (χ0n) is 12.3. The van der Waals surface area contributed by atoms with Gasteiger partial charge in [-0.2, -0.15) is 0 Å². The van der Waals surface area contributed by atoms with E-state index < -0.39 is 0 Å². The van der Waals surface area contributed by atoms with E-state index >= 15 is 0 Å². The van der Waals surface area contributed by atoms with E-state index in [0.29, 0.717) is 5.82 Å². The lowest BCUT2D eigenvalue weighted by Gasteiger charge is -2.07. The molecule has 3 aromatic rings. The molecule has 0 saturated carbocycles. The third-order valence-electron chi connectivity index (χ3n) is 2.96. The fourth-order valence-corrected chi connectivity index (χ4v) is 2.39. The van der Waals surface area contributed by atoms with Crippen LogP contribution in [-0.4, -0.2) is 14.5 Å². The highest BCUT2D eigenvalue weighted by molar-refractivity contribution is 9.10. The molecule has 114 valence electrons. The number of hydrogen-bond donors (Lipinski definition) is 1. The minimum atomic E-state index is 0.549. The predicted molar refractivity (Wildman–Crippen MR) is 97.1 cm³/mol. The number of pyridine rings is 2. The van der Waals surface area contributed by atoms with Gasteiger partial charge in [0.25, 0.3) is 0 Å². The summed E-state index contributed by atoms with van der Waals surface area (Å²) in [7, 11) is 0. The smallest absolute Gasteiger partial charge is 0.137 e. The largest absolute Gasteiger partial charge is 0.384 e. The van der Waals surface area contributed by atoms with Gasteiger partial charge in [-0.1, -0.05) is 0 Å². The number of hydrogen-bond acceptors (Lipinski definition) is 3. The van der Waals surface area contributed by atoms with Gasteiger partial charge in [-0.3, -0.25) is 0 Å². The summed E-state index contributed by atoms with van der Waals surface area (Å²) in [5.41, 5.74) is 7.71.